The Kier molecular flexibility index (Phi) is 8.69. The van der Waals surface area contributed by atoms with Gasteiger partial charge < -0.3 is 24.8 Å². The molecule has 0 unspecified atom stereocenters. The number of halogens is 2. The maximum absolute atomic E-state index is 13.8. The van der Waals surface area contributed by atoms with Crippen LogP contribution >= 0.6 is 23.2 Å². The largest absolute Gasteiger partial charge is 0.494 e. The second-order valence-corrected chi connectivity index (χ2v) is 8.78. The number of nitrogens with two attached hydrogens (primary N) is 1. The van der Waals surface area contributed by atoms with E-state index in [2.05, 4.69) is 0 Å². The van der Waals surface area contributed by atoms with Crippen LogP contribution in [0.5, 0.6) is 17.2 Å². The molecule has 0 radical (unpaired) electrons. The number of nitrogens with zero attached hydrogens (tertiary/aromatic N) is 1. The fourth-order valence-corrected chi connectivity index (χ4v) is 4.69. The molecule has 2 amide bonds. The lowest BCUT2D eigenvalue weighted by atomic mass is 9.93. The van der Waals surface area contributed by atoms with Crippen LogP contribution in [-0.4, -0.2) is 43.6 Å². The molecule has 3 rings (SSSR count). The molecule has 0 heterocycles. The lowest BCUT2D eigenvalue weighted by Crippen LogP contribution is -2.41. The molecule has 0 aromatic heterocycles. The van der Waals surface area contributed by atoms with Gasteiger partial charge in [0.25, 0.3) is 11.8 Å². The quantitative estimate of drug-likeness (QED) is 0.537. The number of hydrogen-bond donors (Lipinski definition) is 1. The Hall–Kier alpha value is -2.64. The van der Waals surface area contributed by atoms with E-state index in [4.69, 9.17) is 43.1 Å². The Morgan fingerprint density at radius 2 is 1.76 bits per heavy atom. The van der Waals surface area contributed by atoms with Gasteiger partial charge in [-0.15, -0.1) is 0 Å². The molecule has 33 heavy (non-hydrogen) atoms. The van der Waals surface area contributed by atoms with Gasteiger partial charge in [-0.1, -0.05) is 48.5 Å². The molecule has 1 aliphatic rings. The lowest BCUT2D eigenvalue weighted by molar-refractivity contribution is -0.119. The number of methoxy groups -OCH3 is 2. The minimum Gasteiger partial charge on any atom is -0.494 e. The van der Waals surface area contributed by atoms with Gasteiger partial charge in [-0.25, -0.2) is 0 Å². The molecule has 1 aliphatic carbocycles. The van der Waals surface area contributed by atoms with Crippen LogP contribution in [-0.2, 0) is 11.3 Å². The summed E-state index contributed by atoms with van der Waals surface area (Å²) in [6, 6.07) is 8.56. The summed E-state index contributed by atoms with van der Waals surface area (Å²) in [6.07, 6.45) is 5.11. The average Bonchev–Trinajstić information content (AvgIpc) is 2.81. The molecular formula is C24H28Cl2N2O5. The molecule has 1 fully saturated rings. The van der Waals surface area contributed by atoms with Crippen molar-refractivity contribution in [2.75, 3.05) is 20.8 Å². The van der Waals surface area contributed by atoms with E-state index in [-0.39, 0.29) is 23.6 Å². The van der Waals surface area contributed by atoms with Crippen molar-refractivity contribution in [2.24, 2.45) is 5.73 Å². The second-order valence-electron chi connectivity index (χ2n) is 7.93. The highest BCUT2D eigenvalue weighted by molar-refractivity contribution is 6.36. The summed E-state index contributed by atoms with van der Waals surface area (Å²) in [5.41, 5.74) is 6.34. The van der Waals surface area contributed by atoms with E-state index >= 15 is 0 Å². The third-order valence-electron chi connectivity index (χ3n) is 5.67. The summed E-state index contributed by atoms with van der Waals surface area (Å²) in [4.78, 5) is 26.7. The Bertz CT molecular complexity index is 1010. The molecule has 1 saturated carbocycles. The predicted octanol–water partition coefficient (Wildman–Crippen LogP) is 4.85. The van der Waals surface area contributed by atoms with Gasteiger partial charge in [0, 0.05) is 17.6 Å². The summed E-state index contributed by atoms with van der Waals surface area (Å²) in [5, 5.41) is 0.653. The first-order valence-corrected chi connectivity index (χ1v) is 11.5. The van der Waals surface area contributed by atoms with Crippen molar-refractivity contribution in [1.29, 1.82) is 0 Å². The van der Waals surface area contributed by atoms with E-state index in [1.165, 1.54) is 14.2 Å². The predicted molar refractivity (Wildman–Crippen MR) is 127 cm³/mol. The van der Waals surface area contributed by atoms with Crippen molar-refractivity contribution in [2.45, 2.75) is 44.7 Å². The smallest absolute Gasteiger partial charge is 0.258 e. The van der Waals surface area contributed by atoms with Crippen LogP contribution < -0.4 is 19.9 Å². The zero-order valence-corrected chi connectivity index (χ0v) is 20.2. The number of amides is 2. The summed E-state index contributed by atoms with van der Waals surface area (Å²) in [7, 11) is 2.99. The van der Waals surface area contributed by atoms with Gasteiger partial charge in [0.1, 0.15) is 5.75 Å². The number of carbonyl (C=O) groups excluding carboxylic acids is 2. The summed E-state index contributed by atoms with van der Waals surface area (Å²) in [5.74, 6) is 0.382. The zero-order valence-electron chi connectivity index (χ0n) is 18.7. The van der Waals surface area contributed by atoms with Crippen molar-refractivity contribution in [3.8, 4) is 17.2 Å². The van der Waals surface area contributed by atoms with E-state index in [1.54, 1.807) is 24.3 Å². The third kappa shape index (κ3) is 6.24. The summed E-state index contributed by atoms with van der Waals surface area (Å²) < 4.78 is 16.3. The van der Waals surface area contributed by atoms with Crippen LogP contribution in [0.2, 0.25) is 10.0 Å². The first-order chi connectivity index (χ1) is 15.8. The van der Waals surface area contributed by atoms with Gasteiger partial charge in [-0.3, -0.25) is 9.59 Å². The lowest BCUT2D eigenvalue weighted by Gasteiger charge is -2.35. The maximum atomic E-state index is 13.8. The minimum absolute atomic E-state index is 0.0745. The normalized spacial score (nSPS) is 13.9. The van der Waals surface area contributed by atoms with Crippen LogP contribution in [0.15, 0.2) is 30.3 Å². The van der Waals surface area contributed by atoms with Crippen molar-refractivity contribution in [3.05, 3.63) is 51.5 Å². The minimum atomic E-state index is -0.579. The fourth-order valence-electron chi connectivity index (χ4n) is 4.12. The van der Waals surface area contributed by atoms with E-state index in [9.17, 15) is 9.59 Å². The Morgan fingerprint density at radius 1 is 1.03 bits per heavy atom. The monoisotopic (exact) mass is 494 g/mol. The van der Waals surface area contributed by atoms with Crippen LogP contribution in [0.3, 0.4) is 0 Å². The van der Waals surface area contributed by atoms with Crippen LogP contribution in [0.4, 0.5) is 0 Å². The molecule has 0 atom stereocenters. The second kappa shape index (κ2) is 11.5. The van der Waals surface area contributed by atoms with Gasteiger partial charge in [-0.2, -0.15) is 0 Å². The molecule has 9 heteroatoms. The highest BCUT2D eigenvalue weighted by Gasteiger charge is 2.29. The Labute approximate surface area is 203 Å². The molecule has 0 aliphatic heterocycles. The third-order valence-corrected chi connectivity index (χ3v) is 6.17. The Morgan fingerprint density at radius 3 is 2.39 bits per heavy atom. The number of carbonyl (C=O) groups is 2. The van der Waals surface area contributed by atoms with Gasteiger partial charge in [-0.05, 0) is 42.7 Å². The first kappa shape index (κ1) is 25.0. The van der Waals surface area contributed by atoms with Gasteiger partial charge in [0.05, 0.1) is 24.8 Å². The average molecular weight is 495 g/mol. The van der Waals surface area contributed by atoms with Crippen LogP contribution in [0.1, 0.15) is 48.0 Å². The first-order valence-electron chi connectivity index (χ1n) is 10.8. The van der Waals surface area contributed by atoms with Crippen LogP contribution in [0, 0.1) is 0 Å². The molecule has 2 aromatic rings. The number of hydrogen-bond acceptors (Lipinski definition) is 5. The molecule has 7 nitrogen and oxygen atoms in total. The van der Waals surface area contributed by atoms with Crippen molar-refractivity contribution in [1.82, 2.24) is 4.90 Å². The van der Waals surface area contributed by atoms with Crippen molar-refractivity contribution in [3.63, 3.8) is 0 Å². The van der Waals surface area contributed by atoms with Gasteiger partial charge in [0.2, 0.25) is 0 Å². The molecule has 0 bridgehead atoms. The summed E-state index contributed by atoms with van der Waals surface area (Å²) >= 11 is 12.5. The van der Waals surface area contributed by atoms with E-state index in [0.717, 1.165) is 37.7 Å². The topological polar surface area (TPSA) is 91.1 Å². The molecule has 2 N–H and O–H groups in total. The summed E-state index contributed by atoms with van der Waals surface area (Å²) in [6.45, 7) is 0.0982. The van der Waals surface area contributed by atoms with E-state index < -0.39 is 5.91 Å². The van der Waals surface area contributed by atoms with Crippen LogP contribution in [0.25, 0.3) is 0 Å². The van der Waals surface area contributed by atoms with Gasteiger partial charge >= 0.3 is 0 Å². The standard InChI is InChI=1S/C24H28Cl2N2O5/c1-31-21-10-15(8-9-20(21)33-14-22(27)29)13-28(17-6-4-3-5-7-17)24(30)18-11-16(25)12-19(26)23(18)32-2/h8-12,17H,3-7,13-14H2,1-2H3,(H2,27,29). The molecule has 2 aromatic carbocycles. The Balaban J connectivity index is 1.94. The highest BCUT2D eigenvalue weighted by atomic mass is 35.5. The molecular weight excluding hydrogens is 467 g/mol. The van der Waals surface area contributed by atoms with E-state index in [0.29, 0.717) is 34.4 Å². The number of ether oxygens (including phenoxy) is 3. The molecule has 0 saturated heterocycles. The fraction of sp³-hybridized carbons (Fsp3) is 0.417. The zero-order chi connectivity index (χ0) is 24.0. The number of rotatable bonds is 9. The molecule has 178 valence electrons. The maximum Gasteiger partial charge on any atom is 0.258 e. The van der Waals surface area contributed by atoms with Crippen molar-refractivity contribution >= 4 is 35.0 Å². The SMILES string of the molecule is COc1cc(CN(C(=O)c2cc(Cl)cc(Cl)c2OC)C2CCCCC2)ccc1OCC(N)=O. The van der Waals surface area contributed by atoms with Gasteiger partial charge in [0.15, 0.2) is 18.1 Å². The highest BCUT2D eigenvalue weighted by Crippen LogP contribution is 2.36. The van der Waals surface area contributed by atoms with Crippen molar-refractivity contribution < 1.29 is 23.8 Å². The molecule has 0 spiro atoms. The number of primary amides is 1. The number of benzene rings is 2. The van der Waals surface area contributed by atoms with E-state index in [1.807, 2.05) is 11.0 Å².